The Balaban J connectivity index is 1.82. The molecule has 1 aliphatic rings. The molecule has 0 aliphatic heterocycles. The van der Waals surface area contributed by atoms with Crippen molar-refractivity contribution < 1.29 is 14.6 Å². The number of carbonyl (C=O) groups is 1. The van der Waals surface area contributed by atoms with Crippen LogP contribution in [0.3, 0.4) is 0 Å². The van der Waals surface area contributed by atoms with Gasteiger partial charge in [0.1, 0.15) is 5.69 Å². The van der Waals surface area contributed by atoms with Crippen LogP contribution in [0.25, 0.3) is 5.65 Å². The standard InChI is InChI=1S/C18H15ClN2O3/c1-10-14(9-22)21-8-12(19)7-16(18(21)20-10)24-17-13-5-3-2-4-11(13)6-15(17)23/h2-5,7-9,15,17,23H,6H2,1H3/t15-,17-/m1/s1. The maximum Gasteiger partial charge on any atom is 0.180 e. The first-order chi connectivity index (χ1) is 11.6. The summed E-state index contributed by atoms with van der Waals surface area (Å²) in [6.45, 7) is 1.76. The third-order valence-electron chi connectivity index (χ3n) is 4.38. The van der Waals surface area contributed by atoms with E-state index in [0.29, 0.717) is 34.2 Å². The van der Waals surface area contributed by atoms with Gasteiger partial charge in [-0.2, -0.15) is 0 Å². The Morgan fingerprint density at radius 1 is 1.42 bits per heavy atom. The number of nitrogens with zero attached hydrogens (tertiary/aromatic N) is 2. The Bertz CT molecular complexity index is 951. The zero-order valence-corrected chi connectivity index (χ0v) is 13.7. The minimum Gasteiger partial charge on any atom is -0.479 e. The van der Waals surface area contributed by atoms with E-state index < -0.39 is 12.2 Å². The van der Waals surface area contributed by atoms with Gasteiger partial charge in [0.15, 0.2) is 23.8 Å². The number of aliphatic hydroxyl groups is 1. The quantitative estimate of drug-likeness (QED) is 0.743. The molecule has 2 aromatic heterocycles. The van der Waals surface area contributed by atoms with Gasteiger partial charge in [-0.15, -0.1) is 0 Å². The van der Waals surface area contributed by atoms with Crippen molar-refractivity contribution >= 4 is 23.5 Å². The molecule has 4 rings (SSSR count). The van der Waals surface area contributed by atoms with Crippen LogP contribution in [0.4, 0.5) is 0 Å². The summed E-state index contributed by atoms with van der Waals surface area (Å²) in [6, 6.07) is 9.46. The number of pyridine rings is 1. The number of aromatic nitrogens is 2. The Morgan fingerprint density at radius 3 is 3.00 bits per heavy atom. The first-order valence-corrected chi connectivity index (χ1v) is 8.02. The van der Waals surface area contributed by atoms with Crippen LogP contribution in [0.15, 0.2) is 36.5 Å². The molecule has 24 heavy (non-hydrogen) atoms. The second-order valence-electron chi connectivity index (χ2n) is 5.93. The molecule has 122 valence electrons. The van der Waals surface area contributed by atoms with Crippen molar-refractivity contribution in [1.82, 2.24) is 9.38 Å². The summed E-state index contributed by atoms with van der Waals surface area (Å²) in [6.07, 6.45) is 1.80. The highest BCUT2D eigenvalue weighted by molar-refractivity contribution is 6.30. The van der Waals surface area contributed by atoms with Crippen LogP contribution in [0.2, 0.25) is 5.02 Å². The fourth-order valence-corrected chi connectivity index (χ4v) is 3.45. The summed E-state index contributed by atoms with van der Waals surface area (Å²) >= 11 is 6.18. The molecule has 3 aromatic rings. The highest BCUT2D eigenvalue weighted by Gasteiger charge is 2.33. The summed E-state index contributed by atoms with van der Waals surface area (Å²) in [7, 11) is 0. The SMILES string of the molecule is Cc1nc2c(O[C@@H]3c4ccccc4C[C@H]3O)cc(Cl)cn2c1C=O. The van der Waals surface area contributed by atoms with Crippen molar-refractivity contribution in [2.24, 2.45) is 0 Å². The van der Waals surface area contributed by atoms with E-state index in [9.17, 15) is 9.90 Å². The molecule has 0 saturated heterocycles. The van der Waals surface area contributed by atoms with Crippen LogP contribution in [0.5, 0.6) is 5.75 Å². The number of rotatable bonds is 3. The molecule has 0 saturated carbocycles. The highest BCUT2D eigenvalue weighted by Crippen LogP contribution is 2.37. The van der Waals surface area contributed by atoms with E-state index in [2.05, 4.69) is 4.98 Å². The van der Waals surface area contributed by atoms with Gasteiger partial charge in [0.25, 0.3) is 0 Å². The molecule has 0 amide bonds. The largest absolute Gasteiger partial charge is 0.479 e. The maximum absolute atomic E-state index is 11.3. The zero-order chi connectivity index (χ0) is 16.8. The Kier molecular flexibility index (Phi) is 3.55. The number of aryl methyl sites for hydroxylation is 1. The first kappa shape index (κ1) is 15.2. The molecule has 0 radical (unpaired) electrons. The van der Waals surface area contributed by atoms with Gasteiger partial charge in [0, 0.05) is 18.7 Å². The molecular formula is C18H15ClN2O3. The lowest BCUT2D eigenvalue weighted by Gasteiger charge is -2.19. The number of ether oxygens (including phenoxy) is 1. The van der Waals surface area contributed by atoms with E-state index in [1.165, 1.54) is 0 Å². The van der Waals surface area contributed by atoms with E-state index >= 15 is 0 Å². The predicted molar refractivity (Wildman–Crippen MR) is 89.8 cm³/mol. The molecule has 6 heteroatoms. The average molecular weight is 343 g/mol. The topological polar surface area (TPSA) is 63.8 Å². The first-order valence-electron chi connectivity index (χ1n) is 7.64. The van der Waals surface area contributed by atoms with Gasteiger partial charge in [-0.3, -0.25) is 9.20 Å². The maximum atomic E-state index is 11.3. The highest BCUT2D eigenvalue weighted by atomic mass is 35.5. The molecule has 2 atom stereocenters. The van der Waals surface area contributed by atoms with Crippen LogP contribution in [0, 0.1) is 6.92 Å². The number of benzene rings is 1. The lowest BCUT2D eigenvalue weighted by atomic mass is 10.1. The molecular weight excluding hydrogens is 328 g/mol. The lowest BCUT2D eigenvalue weighted by Crippen LogP contribution is -2.19. The third kappa shape index (κ3) is 2.28. The fraction of sp³-hybridized carbons (Fsp3) is 0.222. The van der Waals surface area contributed by atoms with Gasteiger partial charge >= 0.3 is 0 Å². The zero-order valence-electron chi connectivity index (χ0n) is 12.9. The second-order valence-corrected chi connectivity index (χ2v) is 6.36. The van der Waals surface area contributed by atoms with E-state index in [0.717, 1.165) is 17.4 Å². The molecule has 0 unspecified atom stereocenters. The monoisotopic (exact) mass is 342 g/mol. The number of imidazole rings is 1. The number of aldehydes is 1. The van der Waals surface area contributed by atoms with Crippen molar-refractivity contribution in [2.45, 2.75) is 25.6 Å². The number of halogens is 1. The lowest BCUT2D eigenvalue weighted by molar-refractivity contribution is 0.0502. The third-order valence-corrected chi connectivity index (χ3v) is 4.59. The number of hydrogen-bond donors (Lipinski definition) is 1. The summed E-state index contributed by atoms with van der Waals surface area (Å²) in [5, 5.41) is 10.8. The van der Waals surface area contributed by atoms with Crippen LogP contribution in [0.1, 0.15) is 33.4 Å². The molecule has 1 aromatic carbocycles. The summed E-state index contributed by atoms with van der Waals surface area (Å²) in [5.74, 6) is 0.444. The van der Waals surface area contributed by atoms with Crippen LogP contribution in [-0.4, -0.2) is 26.9 Å². The van der Waals surface area contributed by atoms with Crippen molar-refractivity contribution in [3.8, 4) is 5.75 Å². The number of hydrogen-bond acceptors (Lipinski definition) is 4. The van der Waals surface area contributed by atoms with Gasteiger partial charge < -0.3 is 9.84 Å². The van der Waals surface area contributed by atoms with Gasteiger partial charge in [-0.1, -0.05) is 35.9 Å². The van der Waals surface area contributed by atoms with Crippen LogP contribution >= 0.6 is 11.6 Å². The minimum atomic E-state index is -0.636. The Morgan fingerprint density at radius 2 is 2.21 bits per heavy atom. The van der Waals surface area contributed by atoms with Crippen LogP contribution in [-0.2, 0) is 6.42 Å². The Hall–Kier alpha value is -2.37. The molecule has 2 heterocycles. The summed E-state index contributed by atoms with van der Waals surface area (Å²) < 4.78 is 7.71. The molecule has 0 bridgehead atoms. The normalized spacial score (nSPS) is 19.5. The van der Waals surface area contributed by atoms with Crippen molar-refractivity contribution in [3.05, 3.63) is 64.1 Å². The predicted octanol–water partition coefficient (Wildman–Crippen LogP) is 3.15. The van der Waals surface area contributed by atoms with Crippen LogP contribution < -0.4 is 4.74 Å². The summed E-state index contributed by atoms with van der Waals surface area (Å²) in [5.41, 5.74) is 3.58. The van der Waals surface area contributed by atoms with Gasteiger partial charge in [0.2, 0.25) is 0 Å². The van der Waals surface area contributed by atoms with Crippen molar-refractivity contribution in [2.75, 3.05) is 0 Å². The number of fused-ring (bicyclic) bond motifs is 2. The number of aliphatic hydroxyl groups excluding tert-OH is 1. The van der Waals surface area contributed by atoms with Gasteiger partial charge in [-0.05, 0) is 18.1 Å². The van der Waals surface area contributed by atoms with Gasteiger partial charge in [-0.25, -0.2) is 4.98 Å². The second kappa shape index (κ2) is 5.61. The van der Waals surface area contributed by atoms with Gasteiger partial charge in [0.05, 0.1) is 16.8 Å². The van der Waals surface area contributed by atoms with Crippen molar-refractivity contribution in [3.63, 3.8) is 0 Å². The minimum absolute atomic E-state index is 0.429. The molecule has 1 aliphatic carbocycles. The fourth-order valence-electron chi connectivity index (χ4n) is 3.26. The smallest absolute Gasteiger partial charge is 0.180 e. The van der Waals surface area contributed by atoms with E-state index in [1.54, 1.807) is 23.6 Å². The van der Waals surface area contributed by atoms with E-state index in [-0.39, 0.29) is 0 Å². The average Bonchev–Trinajstić information content (AvgIpc) is 3.04. The Labute approximate surface area is 143 Å². The molecule has 5 nitrogen and oxygen atoms in total. The number of carbonyl (C=O) groups excluding carboxylic acids is 1. The van der Waals surface area contributed by atoms with Crippen molar-refractivity contribution in [1.29, 1.82) is 0 Å². The molecule has 1 N–H and O–H groups in total. The molecule has 0 fully saturated rings. The van der Waals surface area contributed by atoms with E-state index in [4.69, 9.17) is 16.3 Å². The molecule has 0 spiro atoms. The van der Waals surface area contributed by atoms with E-state index in [1.807, 2.05) is 24.3 Å². The summed E-state index contributed by atoms with van der Waals surface area (Å²) in [4.78, 5) is 15.7.